The summed E-state index contributed by atoms with van der Waals surface area (Å²) in [5, 5.41) is 0. The Hall–Kier alpha value is 0.137. The number of hydrogen-bond acceptors (Lipinski definition) is 2. The van der Waals surface area contributed by atoms with Crippen LogP contribution in [0, 0.1) is 0 Å². The van der Waals surface area contributed by atoms with Gasteiger partial charge in [-0.3, -0.25) is 0 Å². The molecule has 0 heterocycles. The van der Waals surface area contributed by atoms with Crippen LogP contribution in [0.25, 0.3) is 0 Å². The third kappa shape index (κ3) is 12.6. The summed E-state index contributed by atoms with van der Waals surface area (Å²) in [5.41, 5.74) is 0. The minimum absolute atomic E-state index is 0.814. The van der Waals surface area contributed by atoms with E-state index in [0.29, 0.717) is 0 Å². The van der Waals surface area contributed by atoms with Gasteiger partial charge in [-0.25, -0.2) is 0 Å². The highest BCUT2D eigenvalue weighted by atomic mass is 28.3. The van der Waals surface area contributed by atoms with Crippen LogP contribution in [0.4, 0.5) is 0 Å². The predicted octanol–water partition coefficient (Wildman–Crippen LogP) is 4.81. The van der Waals surface area contributed by atoms with Gasteiger partial charge in [0.1, 0.15) is 0 Å². The number of rotatable bonds is 14. The van der Waals surface area contributed by atoms with Crippen molar-refractivity contribution < 1.29 is 8.85 Å². The molecule has 0 aliphatic carbocycles. The van der Waals surface area contributed by atoms with Crippen LogP contribution in [-0.4, -0.2) is 22.5 Å². The Morgan fingerprint density at radius 1 is 0.611 bits per heavy atom. The monoisotopic (exact) mass is 274 g/mol. The molecule has 3 heteroatoms. The highest BCUT2D eigenvalue weighted by Crippen LogP contribution is 2.12. The predicted molar refractivity (Wildman–Crippen MR) is 82.4 cm³/mol. The fourth-order valence-corrected chi connectivity index (χ4v) is 4.00. The lowest BCUT2D eigenvalue weighted by atomic mass is 10.1. The Balaban J connectivity index is 3.21. The second kappa shape index (κ2) is 15.2. The zero-order valence-electron chi connectivity index (χ0n) is 12.9. The summed E-state index contributed by atoms with van der Waals surface area (Å²) in [4.78, 5) is 0. The molecular formula is C15H34O2Si. The fourth-order valence-electron chi connectivity index (χ4n) is 2.21. The maximum atomic E-state index is 5.67. The zero-order valence-corrected chi connectivity index (χ0v) is 14.0. The minimum Gasteiger partial charge on any atom is -0.397 e. The summed E-state index contributed by atoms with van der Waals surface area (Å²) in [6.07, 6.45) is 12.5. The molecule has 0 atom stereocenters. The number of unbranched alkanes of at least 4 members (excludes halogenated alkanes) is 8. The van der Waals surface area contributed by atoms with E-state index < -0.39 is 9.28 Å². The molecule has 0 aliphatic heterocycles. The average Bonchev–Trinajstić information content (AvgIpc) is 2.37. The molecule has 0 unspecified atom stereocenters. The molecule has 18 heavy (non-hydrogen) atoms. The summed E-state index contributed by atoms with van der Waals surface area (Å²) in [5.74, 6) is 0. The highest BCUT2D eigenvalue weighted by Gasteiger charge is 2.10. The normalized spacial score (nSPS) is 11.3. The van der Waals surface area contributed by atoms with E-state index in [1.54, 1.807) is 0 Å². The smallest absolute Gasteiger partial charge is 0.321 e. The first-order chi connectivity index (χ1) is 8.85. The van der Waals surface area contributed by atoms with Gasteiger partial charge in [0.25, 0.3) is 0 Å². The summed E-state index contributed by atoms with van der Waals surface area (Å²) >= 11 is 0. The molecule has 0 radical (unpaired) electrons. The van der Waals surface area contributed by atoms with E-state index in [9.17, 15) is 0 Å². The molecule has 0 fully saturated rings. The summed E-state index contributed by atoms with van der Waals surface area (Å²) in [6.45, 7) is 8.03. The third-order valence-corrected chi connectivity index (χ3v) is 5.54. The standard InChI is InChI=1S/C15H34O2Si/c1-4-7-8-9-10-11-12-13-14-15-18(16-5-2)17-6-3/h18H,4-15H2,1-3H3. The quantitative estimate of drug-likeness (QED) is 0.334. The van der Waals surface area contributed by atoms with Crippen molar-refractivity contribution in [2.75, 3.05) is 13.2 Å². The molecule has 0 aromatic rings. The lowest BCUT2D eigenvalue weighted by Crippen LogP contribution is -2.22. The topological polar surface area (TPSA) is 18.5 Å². The van der Waals surface area contributed by atoms with Crippen LogP contribution in [0.2, 0.25) is 6.04 Å². The van der Waals surface area contributed by atoms with Crippen molar-refractivity contribution in [1.29, 1.82) is 0 Å². The van der Waals surface area contributed by atoms with Gasteiger partial charge in [-0.2, -0.15) is 0 Å². The molecule has 0 N–H and O–H groups in total. The minimum atomic E-state index is -1.31. The van der Waals surface area contributed by atoms with Crippen LogP contribution in [0.3, 0.4) is 0 Å². The van der Waals surface area contributed by atoms with E-state index in [1.807, 2.05) is 0 Å². The van der Waals surface area contributed by atoms with Crippen LogP contribution in [-0.2, 0) is 8.85 Å². The van der Waals surface area contributed by atoms with Crippen LogP contribution in [0.1, 0.15) is 78.6 Å². The molecule has 0 aromatic heterocycles. The average molecular weight is 275 g/mol. The van der Waals surface area contributed by atoms with Crippen LogP contribution in [0.15, 0.2) is 0 Å². The van der Waals surface area contributed by atoms with Crippen molar-refractivity contribution in [1.82, 2.24) is 0 Å². The van der Waals surface area contributed by atoms with Gasteiger partial charge in [-0.15, -0.1) is 0 Å². The Bertz CT molecular complexity index is 147. The molecule has 2 nitrogen and oxygen atoms in total. The molecule has 0 saturated carbocycles. The van der Waals surface area contributed by atoms with Gasteiger partial charge in [-0.1, -0.05) is 64.7 Å². The van der Waals surface area contributed by atoms with Gasteiger partial charge < -0.3 is 8.85 Å². The van der Waals surface area contributed by atoms with Gasteiger partial charge in [0.15, 0.2) is 0 Å². The van der Waals surface area contributed by atoms with Gasteiger partial charge in [0.05, 0.1) is 0 Å². The van der Waals surface area contributed by atoms with Crippen LogP contribution in [0.5, 0.6) is 0 Å². The largest absolute Gasteiger partial charge is 0.397 e. The van der Waals surface area contributed by atoms with Crippen LogP contribution >= 0.6 is 0 Å². The molecule has 0 spiro atoms. The van der Waals surface area contributed by atoms with Gasteiger partial charge in [-0.05, 0) is 19.9 Å². The van der Waals surface area contributed by atoms with Crippen molar-refractivity contribution in [2.24, 2.45) is 0 Å². The van der Waals surface area contributed by atoms with Crippen molar-refractivity contribution in [3.63, 3.8) is 0 Å². The Kier molecular flexibility index (Phi) is 15.3. The summed E-state index contributed by atoms with van der Waals surface area (Å²) < 4.78 is 11.3. The Morgan fingerprint density at radius 2 is 1.06 bits per heavy atom. The van der Waals surface area contributed by atoms with E-state index >= 15 is 0 Å². The molecule has 0 aliphatic rings. The first kappa shape index (κ1) is 18.1. The van der Waals surface area contributed by atoms with E-state index in [4.69, 9.17) is 8.85 Å². The summed E-state index contributed by atoms with van der Waals surface area (Å²) in [6, 6.07) is 1.19. The Labute approximate surface area is 116 Å². The second-order valence-corrected chi connectivity index (χ2v) is 7.06. The number of hydrogen-bond donors (Lipinski definition) is 0. The first-order valence-corrected chi connectivity index (χ1v) is 9.84. The molecule has 0 amide bonds. The van der Waals surface area contributed by atoms with E-state index in [1.165, 1.54) is 63.8 Å². The lowest BCUT2D eigenvalue weighted by Gasteiger charge is -2.14. The van der Waals surface area contributed by atoms with Crippen LogP contribution < -0.4 is 0 Å². The van der Waals surface area contributed by atoms with E-state index in [2.05, 4.69) is 20.8 Å². The van der Waals surface area contributed by atoms with Crippen molar-refractivity contribution in [3.05, 3.63) is 0 Å². The molecular weight excluding hydrogens is 240 g/mol. The maximum absolute atomic E-state index is 5.67. The highest BCUT2D eigenvalue weighted by molar-refractivity contribution is 6.44. The van der Waals surface area contributed by atoms with Crippen molar-refractivity contribution in [2.45, 2.75) is 84.6 Å². The fraction of sp³-hybridized carbons (Fsp3) is 1.00. The second-order valence-electron chi connectivity index (χ2n) is 4.96. The Morgan fingerprint density at radius 3 is 1.50 bits per heavy atom. The molecule has 0 aromatic carbocycles. The van der Waals surface area contributed by atoms with Crippen molar-refractivity contribution >= 4 is 9.28 Å². The first-order valence-electron chi connectivity index (χ1n) is 8.08. The van der Waals surface area contributed by atoms with Gasteiger partial charge in [0, 0.05) is 13.2 Å². The maximum Gasteiger partial charge on any atom is 0.321 e. The molecule has 0 rings (SSSR count). The SMILES string of the molecule is CCCCCCCCCCC[SiH](OCC)OCC. The molecule has 0 bridgehead atoms. The van der Waals surface area contributed by atoms with E-state index in [0.717, 1.165) is 13.2 Å². The summed E-state index contributed by atoms with van der Waals surface area (Å²) in [7, 11) is -1.31. The zero-order chi connectivity index (χ0) is 13.5. The van der Waals surface area contributed by atoms with Gasteiger partial charge in [0.2, 0.25) is 0 Å². The third-order valence-electron chi connectivity index (χ3n) is 3.25. The van der Waals surface area contributed by atoms with Gasteiger partial charge >= 0.3 is 9.28 Å². The van der Waals surface area contributed by atoms with E-state index in [-0.39, 0.29) is 0 Å². The van der Waals surface area contributed by atoms with Crippen molar-refractivity contribution in [3.8, 4) is 0 Å². The molecule has 110 valence electrons. The lowest BCUT2D eigenvalue weighted by molar-refractivity contribution is 0.212. The molecule has 0 saturated heterocycles.